The van der Waals surface area contributed by atoms with E-state index in [1.807, 2.05) is 13.8 Å². The molecule has 1 saturated carbocycles. The molecule has 1 heteroatoms. The van der Waals surface area contributed by atoms with Gasteiger partial charge in [-0.05, 0) is 25.2 Å². The predicted molar refractivity (Wildman–Crippen MR) is 68.3 cm³/mol. The third-order valence-electron chi connectivity index (χ3n) is 2.97. The van der Waals surface area contributed by atoms with Crippen molar-refractivity contribution >= 4 is 0 Å². The van der Waals surface area contributed by atoms with Crippen molar-refractivity contribution in [2.75, 3.05) is 13.2 Å². The fourth-order valence-electron chi connectivity index (χ4n) is 1.99. The molecule has 0 bridgehead atoms. The van der Waals surface area contributed by atoms with Crippen LogP contribution in [0, 0.1) is 5.92 Å². The summed E-state index contributed by atoms with van der Waals surface area (Å²) in [6.45, 7) is 8.36. The van der Waals surface area contributed by atoms with E-state index in [1.54, 1.807) is 0 Å². The van der Waals surface area contributed by atoms with Crippen molar-refractivity contribution in [2.24, 2.45) is 5.92 Å². The molecule has 1 saturated heterocycles. The van der Waals surface area contributed by atoms with Gasteiger partial charge in [-0.25, -0.2) is 0 Å². The summed E-state index contributed by atoms with van der Waals surface area (Å²) < 4.78 is 5.07. The molecule has 0 spiro atoms. The van der Waals surface area contributed by atoms with E-state index in [4.69, 9.17) is 4.74 Å². The first-order chi connectivity index (χ1) is 7.39. The summed E-state index contributed by atoms with van der Waals surface area (Å²) in [7, 11) is 0. The first kappa shape index (κ1) is 15.0. The Bertz CT molecular complexity index is 90.4. The zero-order chi connectivity index (χ0) is 11.4. The van der Waals surface area contributed by atoms with Crippen molar-refractivity contribution in [1.29, 1.82) is 0 Å². The Labute approximate surface area is 96.6 Å². The molecule has 0 N–H and O–H groups in total. The Morgan fingerprint density at radius 2 is 1.20 bits per heavy atom. The topological polar surface area (TPSA) is 9.23 Å². The quantitative estimate of drug-likeness (QED) is 0.563. The third-order valence-corrected chi connectivity index (χ3v) is 2.97. The van der Waals surface area contributed by atoms with Crippen LogP contribution < -0.4 is 0 Å². The molecule has 0 radical (unpaired) electrons. The third kappa shape index (κ3) is 10.2. The van der Waals surface area contributed by atoms with Crippen LogP contribution in [0.1, 0.15) is 72.1 Å². The highest BCUT2D eigenvalue weighted by molar-refractivity contribution is 4.59. The van der Waals surface area contributed by atoms with E-state index in [0.717, 1.165) is 19.1 Å². The van der Waals surface area contributed by atoms with E-state index >= 15 is 0 Å². The smallest absolute Gasteiger partial charge is 0.0466 e. The Kier molecular flexibility index (Phi) is 12.0. The van der Waals surface area contributed by atoms with Crippen LogP contribution in [0.15, 0.2) is 0 Å². The van der Waals surface area contributed by atoms with Gasteiger partial charge in [0, 0.05) is 13.2 Å². The summed E-state index contributed by atoms with van der Waals surface area (Å²) in [5.41, 5.74) is 0. The van der Waals surface area contributed by atoms with Crippen molar-refractivity contribution in [3.63, 3.8) is 0 Å². The Balaban J connectivity index is 0.000000227. The van der Waals surface area contributed by atoms with E-state index in [9.17, 15) is 0 Å². The summed E-state index contributed by atoms with van der Waals surface area (Å²) in [4.78, 5) is 0. The molecule has 0 unspecified atom stereocenters. The normalized spacial score (nSPS) is 21.8. The predicted octanol–water partition coefficient (Wildman–Crippen LogP) is 4.80. The highest BCUT2D eigenvalue weighted by atomic mass is 16.5. The lowest BCUT2D eigenvalue weighted by molar-refractivity contribution is 0.0968. The first-order valence-electron chi connectivity index (χ1n) is 6.97. The number of rotatable bonds is 0. The second kappa shape index (κ2) is 12.0. The van der Waals surface area contributed by atoms with Crippen molar-refractivity contribution in [1.82, 2.24) is 0 Å². The zero-order valence-corrected chi connectivity index (χ0v) is 11.1. The minimum atomic E-state index is 1.00. The van der Waals surface area contributed by atoms with E-state index in [1.165, 1.54) is 51.4 Å². The molecule has 2 fully saturated rings. The van der Waals surface area contributed by atoms with Crippen LogP contribution in [0.4, 0.5) is 0 Å². The minimum absolute atomic E-state index is 1.00. The van der Waals surface area contributed by atoms with E-state index < -0.39 is 0 Å². The Morgan fingerprint density at radius 3 is 1.40 bits per heavy atom. The maximum atomic E-state index is 5.07. The standard InChI is InChI=1S/C7H14.C5H10O.C2H6/c1-7-5-3-2-4-6-7;1-2-4-6-5-3-1;1-2/h7H,2-6H2,1H3;1-5H2;1-2H3. The molecule has 1 aliphatic carbocycles. The summed E-state index contributed by atoms with van der Waals surface area (Å²) in [5.74, 6) is 1.04. The average molecular weight is 214 g/mol. The van der Waals surface area contributed by atoms with Crippen molar-refractivity contribution in [3.8, 4) is 0 Å². The van der Waals surface area contributed by atoms with Gasteiger partial charge in [0.15, 0.2) is 0 Å². The van der Waals surface area contributed by atoms with E-state index in [2.05, 4.69) is 6.92 Å². The molecular formula is C14H30O. The van der Waals surface area contributed by atoms with Gasteiger partial charge in [0.2, 0.25) is 0 Å². The Hall–Kier alpha value is -0.0400. The van der Waals surface area contributed by atoms with E-state index in [-0.39, 0.29) is 0 Å². The van der Waals surface area contributed by atoms with Gasteiger partial charge in [-0.1, -0.05) is 52.9 Å². The molecule has 0 atom stereocenters. The molecule has 1 nitrogen and oxygen atoms in total. The molecule has 1 aliphatic heterocycles. The van der Waals surface area contributed by atoms with Crippen molar-refractivity contribution in [2.45, 2.75) is 72.1 Å². The molecule has 0 aromatic rings. The van der Waals surface area contributed by atoms with Crippen molar-refractivity contribution < 1.29 is 4.74 Å². The molecule has 0 aromatic carbocycles. The lowest BCUT2D eigenvalue weighted by Gasteiger charge is -2.15. The van der Waals surface area contributed by atoms with Crippen molar-refractivity contribution in [3.05, 3.63) is 0 Å². The molecule has 0 amide bonds. The Morgan fingerprint density at radius 1 is 0.733 bits per heavy atom. The van der Waals surface area contributed by atoms with Gasteiger partial charge in [0.25, 0.3) is 0 Å². The molecule has 1 heterocycles. The molecule has 2 aliphatic rings. The van der Waals surface area contributed by atoms with Gasteiger partial charge in [0.05, 0.1) is 0 Å². The highest BCUT2D eigenvalue weighted by Crippen LogP contribution is 2.22. The summed E-state index contributed by atoms with van der Waals surface area (Å²) >= 11 is 0. The zero-order valence-electron chi connectivity index (χ0n) is 11.1. The maximum absolute atomic E-state index is 5.07. The second-order valence-corrected chi connectivity index (χ2v) is 4.42. The fourth-order valence-corrected chi connectivity index (χ4v) is 1.99. The van der Waals surface area contributed by atoms with Gasteiger partial charge in [-0.2, -0.15) is 0 Å². The summed E-state index contributed by atoms with van der Waals surface area (Å²) in [6.07, 6.45) is 11.4. The SMILES string of the molecule is C1CCOCC1.CC.CC1CCCCC1. The molecule has 15 heavy (non-hydrogen) atoms. The average Bonchev–Trinajstić information content (AvgIpc) is 2.36. The molecule has 0 aromatic heterocycles. The molecule has 2 rings (SSSR count). The molecule has 92 valence electrons. The monoisotopic (exact) mass is 214 g/mol. The van der Waals surface area contributed by atoms with Gasteiger partial charge >= 0.3 is 0 Å². The maximum Gasteiger partial charge on any atom is 0.0466 e. The highest BCUT2D eigenvalue weighted by Gasteiger charge is 2.05. The van der Waals surface area contributed by atoms with Gasteiger partial charge in [-0.3, -0.25) is 0 Å². The summed E-state index contributed by atoms with van der Waals surface area (Å²) in [6, 6.07) is 0. The number of hydrogen-bond acceptors (Lipinski definition) is 1. The van der Waals surface area contributed by atoms with E-state index in [0.29, 0.717) is 0 Å². The van der Waals surface area contributed by atoms with Crippen LogP contribution in [0.25, 0.3) is 0 Å². The second-order valence-electron chi connectivity index (χ2n) is 4.42. The van der Waals surface area contributed by atoms with Crippen LogP contribution in [0.5, 0.6) is 0 Å². The van der Waals surface area contributed by atoms with Crippen LogP contribution in [-0.2, 0) is 4.74 Å². The van der Waals surface area contributed by atoms with Gasteiger partial charge < -0.3 is 4.74 Å². The van der Waals surface area contributed by atoms with Gasteiger partial charge in [0.1, 0.15) is 0 Å². The lowest BCUT2D eigenvalue weighted by Crippen LogP contribution is -2.03. The molecular weight excluding hydrogens is 184 g/mol. The number of ether oxygens (including phenoxy) is 1. The van der Waals surface area contributed by atoms with Crippen LogP contribution in [0.2, 0.25) is 0 Å². The summed E-state index contributed by atoms with van der Waals surface area (Å²) in [5, 5.41) is 0. The van der Waals surface area contributed by atoms with Crippen LogP contribution >= 0.6 is 0 Å². The number of hydrogen-bond donors (Lipinski definition) is 0. The van der Waals surface area contributed by atoms with Crippen LogP contribution in [-0.4, -0.2) is 13.2 Å². The first-order valence-corrected chi connectivity index (χ1v) is 6.97. The fraction of sp³-hybridized carbons (Fsp3) is 1.00. The largest absolute Gasteiger partial charge is 0.381 e. The lowest BCUT2D eigenvalue weighted by atomic mass is 9.91. The van der Waals surface area contributed by atoms with Gasteiger partial charge in [-0.15, -0.1) is 0 Å². The minimum Gasteiger partial charge on any atom is -0.381 e. The van der Waals surface area contributed by atoms with Crippen LogP contribution in [0.3, 0.4) is 0 Å².